The molecule has 0 heterocycles. The Bertz CT molecular complexity index is 667. The average molecular weight is 270 g/mol. The molecular formula is C13H10N4O3. The maximum absolute atomic E-state index is 10.9. The Balaban J connectivity index is 2.19. The number of nitrogens with zero attached hydrogens (tertiary/aromatic N) is 4. The molecule has 0 atom stereocenters. The summed E-state index contributed by atoms with van der Waals surface area (Å²) in [7, 11) is 0. The molecule has 20 heavy (non-hydrogen) atoms. The van der Waals surface area contributed by atoms with Crippen LogP contribution < -0.4 is 4.74 Å². The van der Waals surface area contributed by atoms with Gasteiger partial charge in [-0.2, -0.15) is 0 Å². The van der Waals surface area contributed by atoms with Crippen LogP contribution >= 0.6 is 0 Å². The Morgan fingerprint density at radius 3 is 2.65 bits per heavy atom. The Hall–Kier alpha value is -3.05. The van der Waals surface area contributed by atoms with Crippen molar-refractivity contribution in [3.8, 4) is 5.75 Å². The number of azide groups is 1. The molecule has 2 rings (SSSR count). The van der Waals surface area contributed by atoms with Gasteiger partial charge < -0.3 is 4.74 Å². The van der Waals surface area contributed by atoms with E-state index < -0.39 is 4.92 Å². The molecule has 0 saturated carbocycles. The molecule has 0 aromatic heterocycles. The predicted octanol–water partition coefficient (Wildman–Crippen LogP) is 4.12. The van der Waals surface area contributed by atoms with Gasteiger partial charge in [0.25, 0.3) is 5.69 Å². The second kappa shape index (κ2) is 6.21. The molecule has 0 radical (unpaired) electrons. The molecule has 0 fully saturated rings. The highest BCUT2D eigenvalue weighted by atomic mass is 16.6. The van der Waals surface area contributed by atoms with Crippen LogP contribution in [0.2, 0.25) is 0 Å². The van der Waals surface area contributed by atoms with Crippen molar-refractivity contribution in [1.82, 2.24) is 0 Å². The number of nitro benzene ring substituents is 1. The minimum atomic E-state index is -0.612. The largest absolute Gasteiger partial charge is 0.489 e. The van der Waals surface area contributed by atoms with Crippen molar-refractivity contribution in [2.45, 2.75) is 6.61 Å². The van der Waals surface area contributed by atoms with Gasteiger partial charge in [-0.15, -0.1) is 0 Å². The molecule has 0 unspecified atom stereocenters. The first-order valence-corrected chi connectivity index (χ1v) is 5.71. The van der Waals surface area contributed by atoms with E-state index in [-0.39, 0.29) is 11.4 Å². The van der Waals surface area contributed by atoms with Crippen molar-refractivity contribution in [2.75, 3.05) is 0 Å². The lowest BCUT2D eigenvalue weighted by Crippen LogP contribution is -1.96. The van der Waals surface area contributed by atoms with Crippen LogP contribution in [0.5, 0.6) is 5.75 Å². The summed E-state index contributed by atoms with van der Waals surface area (Å²) in [5.41, 5.74) is 8.98. The van der Waals surface area contributed by atoms with E-state index in [0.717, 1.165) is 5.56 Å². The molecule has 100 valence electrons. The van der Waals surface area contributed by atoms with Crippen molar-refractivity contribution in [2.24, 2.45) is 5.11 Å². The first-order valence-electron chi connectivity index (χ1n) is 5.71. The van der Waals surface area contributed by atoms with Crippen LogP contribution in [0.3, 0.4) is 0 Å². The average Bonchev–Trinajstić information content (AvgIpc) is 2.47. The maximum atomic E-state index is 10.9. The van der Waals surface area contributed by atoms with E-state index >= 15 is 0 Å². The van der Waals surface area contributed by atoms with Crippen LogP contribution in [0.1, 0.15) is 5.56 Å². The van der Waals surface area contributed by atoms with Gasteiger partial charge in [0, 0.05) is 4.91 Å². The normalized spacial score (nSPS) is 9.60. The summed E-state index contributed by atoms with van der Waals surface area (Å²) in [6.07, 6.45) is 0. The summed E-state index contributed by atoms with van der Waals surface area (Å²) in [5, 5.41) is 14.2. The van der Waals surface area contributed by atoms with Crippen molar-refractivity contribution >= 4 is 11.4 Å². The summed E-state index contributed by atoms with van der Waals surface area (Å²) in [5.74, 6) is 0.345. The molecule has 7 heteroatoms. The van der Waals surface area contributed by atoms with Crippen LogP contribution in [0.15, 0.2) is 53.6 Å². The quantitative estimate of drug-likeness (QED) is 0.268. The van der Waals surface area contributed by atoms with Crippen LogP contribution in [0, 0.1) is 10.1 Å². The lowest BCUT2D eigenvalue weighted by Gasteiger charge is -2.06. The third kappa shape index (κ3) is 3.24. The topological polar surface area (TPSA) is 101 Å². The first kappa shape index (κ1) is 13.4. The number of benzene rings is 2. The van der Waals surface area contributed by atoms with E-state index in [4.69, 9.17) is 10.3 Å². The number of hydrogen-bond acceptors (Lipinski definition) is 4. The van der Waals surface area contributed by atoms with Crippen molar-refractivity contribution in [3.63, 3.8) is 0 Å². The van der Waals surface area contributed by atoms with Gasteiger partial charge in [0.1, 0.15) is 18.0 Å². The lowest BCUT2D eigenvalue weighted by molar-refractivity contribution is -0.384. The third-order valence-corrected chi connectivity index (χ3v) is 2.54. The summed E-state index contributed by atoms with van der Waals surface area (Å²) < 4.78 is 5.48. The molecule has 2 aromatic rings. The monoisotopic (exact) mass is 270 g/mol. The molecule has 0 spiro atoms. The smallest absolute Gasteiger partial charge is 0.282 e. The molecule has 7 nitrogen and oxygen atoms in total. The van der Waals surface area contributed by atoms with Crippen molar-refractivity contribution in [1.29, 1.82) is 0 Å². The zero-order chi connectivity index (χ0) is 14.4. The van der Waals surface area contributed by atoms with Gasteiger partial charge in [0.15, 0.2) is 0 Å². The standard InChI is InChI=1S/C13H10N4O3/c14-16-15-12-7-6-11(8-13(12)17(18)19)20-9-10-4-2-1-3-5-10/h1-8H,9H2. The van der Waals surface area contributed by atoms with Crippen molar-refractivity contribution in [3.05, 3.63) is 74.7 Å². The van der Waals surface area contributed by atoms with Crippen LogP contribution in [0.4, 0.5) is 11.4 Å². The lowest BCUT2D eigenvalue weighted by atomic mass is 10.2. The SMILES string of the molecule is [N-]=[N+]=Nc1ccc(OCc2ccccc2)cc1[N+](=O)[O-]. The minimum absolute atomic E-state index is 0.0374. The van der Waals surface area contributed by atoms with Crippen molar-refractivity contribution < 1.29 is 9.66 Å². The van der Waals surface area contributed by atoms with E-state index in [0.29, 0.717) is 12.4 Å². The second-order valence-corrected chi connectivity index (χ2v) is 3.87. The minimum Gasteiger partial charge on any atom is -0.489 e. The zero-order valence-electron chi connectivity index (χ0n) is 10.3. The van der Waals surface area contributed by atoms with Gasteiger partial charge in [-0.05, 0) is 23.2 Å². The molecule has 2 aromatic carbocycles. The first-order chi connectivity index (χ1) is 9.70. The molecule has 0 aliphatic rings. The van der Waals surface area contributed by atoms with Gasteiger partial charge in [-0.25, -0.2) is 0 Å². The van der Waals surface area contributed by atoms with Gasteiger partial charge in [-0.1, -0.05) is 35.4 Å². The molecule has 0 bridgehead atoms. The Kier molecular flexibility index (Phi) is 4.16. The van der Waals surface area contributed by atoms with Gasteiger partial charge in [-0.3, -0.25) is 10.1 Å². The number of hydrogen-bond donors (Lipinski definition) is 0. The van der Waals surface area contributed by atoms with E-state index in [1.165, 1.54) is 18.2 Å². The third-order valence-electron chi connectivity index (χ3n) is 2.54. The molecule has 0 aliphatic carbocycles. The van der Waals surface area contributed by atoms with Gasteiger partial charge >= 0.3 is 0 Å². The summed E-state index contributed by atoms with van der Waals surface area (Å²) in [6, 6.07) is 13.6. The summed E-state index contributed by atoms with van der Waals surface area (Å²) >= 11 is 0. The van der Waals surface area contributed by atoms with E-state index in [1.54, 1.807) is 0 Å². The molecule has 0 amide bonds. The van der Waals surface area contributed by atoms with Gasteiger partial charge in [0.2, 0.25) is 0 Å². The summed E-state index contributed by atoms with van der Waals surface area (Å²) in [6.45, 7) is 0.304. The fourth-order valence-corrected chi connectivity index (χ4v) is 1.61. The number of nitro groups is 1. The highest BCUT2D eigenvalue weighted by molar-refractivity contribution is 5.60. The Labute approximate surface area is 114 Å². The molecule has 0 aliphatic heterocycles. The highest BCUT2D eigenvalue weighted by Crippen LogP contribution is 2.31. The van der Waals surface area contributed by atoms with E-state index in [2.05, 4.69) is 10.0 Å². The number of ether oxygens (including phenoxy) is 1. The second-order valence-electron chi connectivity index (χ2n) is 3.87. The zero-order valence-corrected chi connectivity index (χ0v) is 10.3. The fourth-order valence-electron chi connectivity index (χ4n) is 1.61. The molecule has 0 saturated heterocycles. The van der Waals surface area contributed by atoms with Crippen LogP contribution in [0.25, 0.3) is 10.4 Å². The predicted molar refractivity (Wildman–Crippen MR) is 72.7 cm³/mol. The Morgan fingerprint density at radius 1 is 1.25 bits per heavy atom. The maximum Gasteiger partial charge on any atom is 0.282 e. The highest BCUT2D eigenvalue weighted by Gasteiger charge is 2.14. The summed E-state index contributed by atoms with van der Waals surface area (Å²) in [4.78, 5) is 12.8. The fraction of sp³-hybridized carbons (Fsp3) is 0.0769. The number of rotatable bonds is 5. The van der Waals surface area contributed by atoms with E-state index in [9.17, 15) is 10.1 Å². The molecular weight excluding hydrogens is 260 g/mol. The van der Waals surface area contributed by atoms with E-state index in [1.807, 2.05) is 30.3 Å². The van der Waals surface area contributed by atoms with Crippen LogP contribution in [-0.2, 0) is 6.61 Å². The Morgan fingerprint density at radius 2 is 2.00 bits per heavy atom. The van der Waals surface area contributed by atoms with Crippen LogP contribution in [-0.4, -0.2) is 4.92 Å². The molecule has 0 N–H and O–H groups in total. The van der Waals surface area contributed by atoms with Gasteiger partial charge in [0.05, 0.1) is 11.0 Å².